The lowest BCUT2D eigenvalue weighted by molar-refractivity contribution is -0.116. The average molecular weight is 445 g/mol. The first-order valence-electron chi connectivity index (χ1n) is 9.34. The highest BCUT2D eigenvalue weighted by Gasteiger charge is 2.24. The average Bonchev–Trinajstić information content (AvgIpc) is 2.69. The summed E-state index contributed by atoms with van der Waals surface area (Å²) in [7, 11) is 1.65. The Balaban J connectivity index is 1.67. The van der Waals surface area contributed by atoms with E-state index in [2.05, 4.69) is 42.9 Å². The van der Waals surface area contributed by atoms with E-state index in [1.807, 2.05) is 43.3 Å². The van der Waals surface area contributed by atoms with Crippen molar-refractivity contribution in [1.29, 1.82) is 0 Å². The highest BCUT2D eigenvalue weighted by Crippen LogP contribution is 2.31. The van der Waals surface area contributed by atoms with Crippen molar-refractivity contribution in [3.8, 4) is 5.75 Å². The van der Waals surface area contributed by atoms with Crippen LogP contribution in [0.5, 0.6) is 5.75 Å². The van der Waals surface area contributed by atoms with Crippen LogP contribution in [0.2, 0.25) is 0 Å². The van der Waals surface area contributed by atoms with Crippen molar-refractivity contribution in [2.24, 2.45) is 4.99 Å². The molecule has 1 heterocycles. The highest BCUT2D eigenvalue weighted by atomic mass is 79.9. The van der Waals surface area contributed by atoms with Crippen molar-refractivity contribution >= 4 is 33.5 Å². The molecule has 7 heteroatoms. The second-order valence-corrected chi connectivity index (χ2v) is 7.44. The van der Waals surface area contributed by atoms with Crippen LogP contribution < -0.4 is 20.7 Å². The zero-order valence-corrected chi connectivity index (χ0v) is 17.7. The first-order chi connectivity index (χ1) is 13.6. The number of para-hydroxylation sites is 1. The van der Waals surface area contributed by atoms with Crippen LogP contribution in [-0.4, -0.2) is 32.1 Å². The number of halogens is 1. The summed E-state index contributed by atoms with van der Waals surface area (Å²) in [5.41, 5.74) is 3.13. The summed E-state index contributed by atoms with van der Waals surface area (Å²) in [6.45, 7) is 3.98. The third-order valence-electron chi connectivity index (χ3n) is 4.60. The minimum atomic E-state index is 0.0514. The number of hydrogen-bond acceptors (Lipinski definition) is 3. The van der Waals surface area contributed by atoms with E-state index in [4.69, 9.17) is 4.74 Å². The van der Waals surface area contributed by atoms with Gasteiger partial charge in [0.25, 0.3) is 0 Å². The van der Waals surface area contributed by atoms with Crippen molar-refractivity contribution in [2.75, 3.05) is 25.5 Å². The summed E-state index contributed by atoms with van der Waals surface area (Å²) in [5.74, 6) is 1.70. The lowest BCUT2D eigenvalue weighted by Crippen LogP contribution is -2.40. The predicted molar refractivity (Wildman–Crippen MR) is 116 cm³/mol. The van der Waals surface area contributed by atoms with Gasteiger partial charge in [0, 0.05) is 31.1 Å². The van der Waals surface area contributed by atoms with E-state index in [0.29, 0.717) is 19.5 Å². The Kier molecular flexibility index (Phi) is 6.92. The van der Waals surface area contributed by atoms with E-state index >= 15 is 0 Å². The second kappa shape index (κ2) is 9.59. The van der Waals surface area contributed by atoms with Gasteiger partial charge in [-0.15, -0.1) is 0 Å². The first-order valence-corrected chi connectivity index (χ1v) is 10.1. The molecule has 0 aromatic heterocycles. The van der Waals surface area contributed by atoms with E-state index in [1.165, 1.54) is 0 Å². The van der Waals surface area contributed by atoms with Crippen LogP contribution in [0.1, 0.15) is 30.4 Å². The number of anilines is 1. The third kappa shape index (κ3) is 5.04. The fourth-order valence-electron chi connectivity index (χ4n) is 3.22. The molecular weight excluding hydrogens is 420 g/mol. The predicted octanol–water partition coefficient (Wildman–Crippen LogP) is 3.64. The molecule has 1 amide bonds. The maximum Gasteiger partial charge on any atom is 0.225 e. The number of rotatable bonds is 6. The molecule has 0 spiro atoms. The fourth-order valence-corrected chi connectivity index (χ4v) is 3.81. The molecule has 0 bridgehead atoms. The molecule has 0 fully saturated rings. The van der Waals surface area contributed by atoms with Crippen LogP contribution in [0, 0.1) is 0 Å². The number of methoxy groups -OCH3 is 1. The molecule has 0 radical (unpaired) electrons. The largest absolute Gasteiger partial charge is 0.496 e. The Hall–Kier alpha value is -2.54. The summed E-state index contributed by atoms with van der Waals surface area (Å²) in [4.78, 5) is 16.7. The van der Waals surface area contributed by atoms with Crippen molar-refractivity contribution in [1.82, 2.24) is 10.6 Å². The van der Waals surface area contributed by atoms with Gasteiger partial charge in [-0.25, -0.2) is 4.99 Å². The number of amides is 1. The second-order valence-electron chi connectivity index (χ2n) is 6.58. The van der Waals surface area contributed by atoms with E-state index in [0.717, 1.165) is 39.5 Å². The van der Waals surface area contributed by atoms with Gasteiger partial charge in [0.1, 0.15) is 5.75 Å². The Morgan fingerprint density at radius 2 is 2.11 bits per heavy atom. The van der Waals surface area contributed by atoms with Crippen molar-refractivity contribution in [3.63, 3.8) is 0 Å². The maximum absolute atomic E-state index is 12.0. The van der Waals surface area contributed by atoms with Crippen LogP contribution in [0.4, 0.5) is 5.69 Å². The van der Waals surface area contributed by atoms with Gasteiger partial charge in [0.05, 0.1) is 18.1 Å². The van der Waals surface area contributed by atoms with Crippen LogP contribution in [-0.2, 0) is 11.3 Å². The summed E-state index contributed by atoms with van der Waals surface area (Å²) < 4.78 is 6.18. The number of aliphatic imine (C=N–C) groups is 1. The quantitative estimate of drug-likeness (QED) is 0.469. The number of carbonyl (C=O) groups excluding carboxylic acids is 1. The number of nitrogens with zero attached hydrogens (tertiary/aromatic N) is 1. The lowest BCUT2D eigenvalue weighted by atomic mass is 9.90. The molecule has 0 saturated carbocycles. The number of carbonyl (C=O) groups is 1. The smallest absolute Gasteiger partial charge is 0.225 e. The highest BCUT2D eigenvalue weighted by molar-refractivity contribution is 9.10. The van der Waals surface area contributed by atoms with Gasteiger partial charge in [-0.05, 0) is 52.2 Å². The number of benzene rings is 2. The molecule has 1 atom stereocenters. The number of hydrogen-bond donors (Lipinski definition) is 3. The topological polar surface area (TPSA) is 74.8 Å². The fraction of sp³-hybridized carbons (Fsp3) is 0.333. The lowest BCUT2D eigenvalue weighted by Gasteiger charge is -2.26. The minimum Gasteiger partial charge on any atom is -0.496 e. The van der Waals surface area contributed by atoms with Crippen molar-refractivity contribution in [2.45, 2.75) is 25.8 Å². The van der Waals surface area contributed by atoms with Crippen LogP contribution >= 0.6 is 15.9 Å². The third-order valence-corrected chi connectivity index (χ3v) is 5.22. The van der Waals surface area contributed by atoms with E-state index in [1.54, 1.807) is 7.11 Å². The Morgan fingerprint density at radius 3 is 2.86 bits per heavy atom. The van der Waals surface area contributed by atoms with Gasteiger partial charge in [-0.2, -0.15) is 0 Å². The van der Waals surface area contributed by atoms with Gasteiger partial charge < -0.3 is 20.7 Å². The molecule has 3 N–H and O–H groups in total. The minimum absolute atomic E-state index is 0.0514. The van der Waals surface area contributed by atoms with E-state index in [-0.39, 0.29) is 11.8 Å². The molecule has 0 saturated heterocycles. The monoisotopic (exact) mass is 444 g/mol. The van der Waals surface area contributed by atoms with Gasteiger partial charge in [0.2, 0.25) is 5.91 Å². The molecule has 28 heavy (non-hydrogen) atoms. The SMILES string of the molecule is CCNC(=NCc1ccc(OC)c(Br)c1)NCC1CC(=O)Nc2ccccc21. The van der Waals surface area contributed by atoms with Gasteiger partial charge >= 0.3 is 0 Å². The van der Waals surface area contributed by atoms with E-state index < -0.39 is 0 Å². The number of ether oxygens (including phenoxy) is 1. The molecule has 6 nitrogen and oxygen atoms in total. The molecule has 3 rings (SSSR count). The van der Waals surface area contributed by atoms with Gasteiger partial charge in [0.15, 0.2) is 5.96 Å². The molecule has 2 aromatic rings. The molecule has 1 aliphatic heterocycles. The van der Waals surface area contributed by atoms with Crippen LogP contribution in [0.25, 0.3) is 0 Å². The Bertz CT molecular complexity index is 869. The summed E-state index contributed by atoms with van der Waals surface area (Å²) >= 11 is 3.51. The van der Waals surface area contributed by atoms with Gasteiger partial charge in [-0.3, -0.25) is 4.79 Å². The van der Waals surface area contributed by atoms with Crippen molar-refractivity contribution < 1.29 is 9.53 Å². The van der Waals surface area contributed by atoms with Crippen LogP contribution in [0.15, 0.2) is 51.9 Å². The standard InChI is InChI=1S/C21H25BrN4O2/c1-3-23-21(24-12-14-8-9-19(28-2)17(22)10-14)25-13-15-11-20(27)26-18-7-5-4-6-16(15)18/h4-10,15H,3,11-13H2,1-2H3,(H,26,27)(H2,23,24,25). The molecule has 148 valence electrons. The normalized spacial score (nSPS) is 16.2. The van der Waals surface area contributed by atoms with Gasteiger partial charge in [-0.1, -0.05) is 24.3 Å². The Labute approximate surface area is 173 Å². The molecule has 0 aliphatic carbocycles. The molecule has 1 aliphatic rings. The molecular formula is C21H25BrN4O2. The number of guanidine groups is 1. The van der Waals surface area contributed by atoms with Crippen LogP contribution in [0.3, 0.4) is 0 Å². The summed E-state index contributed by atoms with van der Waals surface area (Å²) in [5, 5.41) is 9.59. The zero-order chi connectivity index (χ0) is 19.9. The van der Waals surface area contributed by atoms with E-state index in [9.17, 15) is 4.79 Å². The zero-order valence-electron chi connectivity index (χ0n) is 16.1. The number of nitrogens with one attached hydrogen (secondary N) is 3. The Morgan fingerprint density at radius 1 is 1.29 bits per heavy atom. The molecule has 2 aromatic carbocycles. The first kappa shape index (κ1) is 20.2. The van der Waals surface area contributed by atoms with Crippen molar-refractivity contribution in [3.05, 3.63) is 58.1 Å². The summed E-state index contributed by atoms with van der Waals surface area (Å²) in [6, 6.07) is 13.9. The maximum atomic E-state index is 12.0. The number of fused-ring (bicyclic) bond motifs is 1. The molecule has 1 unspecified atom stereocenters. The summed E-state index contributed by atoms with van der Waals surface area (Å²) in [6.07, 6.45) is 0.467.